The van der Waals surface area contributed by atoms with Crippen LogP contribution in [0.4, 0.5) is 0 Å². The van der Waals surface area contributed by atoms with Gasteiger partial charge < -0.3 is 46.0 Å². The quantitative estimate of drug-likeness (QED) is 0.313. The molecule has 7 heavy (non-hydrogen) atoms. The average Bonchev–Trinajstić information content (AvgIpc) is 0. The summed E-state index contributed by atoms with van der Waals surface area (Å²) in [5, 5.41) is 0. The predicted octanol–water partition coefficient (Wildman–Crippen LogP) is -6.12. The van der Waals surface area contributed by atoms with Crippen LogP contribution in [0.25, 0.3) is 0 Å². The molecule has 0 aliphatic rings. The first-order chi connectivity index (χ1) is 0. The zero-order valence-corrected chi connectivity index (χ0v) is 21.1. The summed E-state index contributed by atoms with van der Waals surface area (Å²) in [6.07, 6.45) is 0. The molecule has 38 valence electrons. The minimum atomic E-state index is 0. The van der Waals surface area contributed by atoms with E-state index >= 15 is 0 Å². The molecule has 7 heteroatoms. The van der Waals surface area contributed by atoms with Crippen LogP contribution in [0.15, 0.2) is 0 Å². The molecule has 0 aromatic rings. The molecule has 0 aliphatic heterocycles. The van der Waals surface area contributed by atoms with Gasteiger partial charge in [0, 0.05) is 21.1 Å². The van der Waals surface area contributed by atoms with Gasteiger partial charge in [-0.3, -0.25) is 0 Å². The van der Waals surface area contributed by atoms with E-state index in [0.29, 0.717) is 0 Å². The number of hydrogen-bond donors (Lipinski definition) is 0. The van der Waals surface area contributed by atoms with Crippen LogP contribution in [-0.4, -0.2) is 0 Å². The van der Waals surface area contributed by atoms with E-state index in [4.69, 9.17) is 0 Å². The Morgan fingerprint density at radius 1 is 0.571 bits per heavy atom. The van der Waals surface area contributed by atoms with Gasteiger partial charge in [0.25, 0.3) is 0 Å². The summed E-state index contributed by atoms with van der Waals surface area (Å²) in [4.78, 5) is 0. The zero-order valence-electron chi connectivity index (χ0n) is 4.04. The summed E-state index contributed by atoms with van der Waals surface area (Å²) in [7, 11) is 0. The van der Waals surface area contributed by atoms with Crippen molar-refractivity contribution in [3.05, 3.63) is 0 Å². The fourth-order valence-electron chi connectivity index (χ4n) is 0. The van der Waals surface area contributed by atoms with Gasteiger partial charge in [0.1, 0.15) is 0 Å². The van der Waals surface area contributed by atoms with Crippen LogP contribution in [0, 0.1) is 0 Å². The first-order valence-corrected chi connectivity index (χ1v) is 0. The molecule has 0 unspecified atom stereocenters. The van der Waals surface area contributed by atoms with Gasteiger partial charge in [-0.25, -0.2) is 0 Å². The van der Waals surface area contributed by atoms with Gasteiger partial charge >= 0.3 is 138 Å². The Kier molecular flexibility index (Phi) is 310. The minimum absolute atomic E-state index is 0. The van der Waals surface area contributed by atoms with Crippen molar-refractivity contribution in [1.29, 1.82) is 0 Å². The molecule has 0 radical (unpaired) electrons. The number of rotatable bonds is 0. The van der Waals surface area contributed by atoms with Crippen LogP contribution in [-0.2, 0) is 67.0 Å². The standard InChI is InChI=1S/2Cs.Mo.O.3S/q2*+1;;4*-2. The SMILES string of the molecule is [Cs+].[Cs+].[Mo].[O-2].[S-2].[S-2].[S-2]. The van der Waals surface area contributed by atoms with E-state index in [1.807, 2.05) is 0 Å². The van der Waals surface area contributed by atoms with E-state index in [2.05, 4.69) is 0 Å². The van der Waals surface area contributed by atoms with Crippen molar-refractivity contribution in [3.63, 3.8) is 0 Å². The van der Waals surface area contributed by atoms with Crippen molar-refractivity contribution < 1.29 is 164 Å². The Balaban J connectivity index is 0. The van der Waals surface area contributed by atoms with E-state index in [0.717, 1.165) is 0 Å². The summed E-state index contributed by atoms with van der Waals surface area (Å²) in [6, 6.07) is 0. The smallest absolute Gasteiger partial charge is 1.00 e. The van der Waals surface area contributed by atoms with E-state index in [1.165, 1.54) is 0 Å². The van der Waals surface area contributed by atoms with Crippen molar-refractivity contribution in [2.75, 3.05) is 0 Å². The monoisotopic (exact) mass is 476 g/mol. The second-order valence-electron chi connectivity index (χ2n) is 0. The Bertz CT molecular complexity index is 12.9. The van der Waals surface area contributed by atoms with Gasteiger partial charge in [0.05, 0.1) is 0 Å². The molecule has 0 spiro atoms. The van der Waals surface area contributed by atoms with Crippen molar-refractivity contribution in [1.82, 2.24) is 0 Å². The molecule has 0 heterocycles. The Morgan fingerprint density at radius 2 is 0.571 bits per heavy atom. The van der Waals surface area contributed by atoms with Crippen LogP contribution >= 0.6 is 0 Å². The molecule has 0 bridgehead atoms. The normalized spacial score (nSPS) is 0. The zero-order chi connectivity index (χ0) is 0. The molecule has 0 aromatic carbocycles. The van der Waals surface area contributed by atoms with E-state index in [9.17, 15) is 0 Å². The molecule has 0 saturated carbocycles. The third-order valence-electron chi connectivity index (χ3n) is 0. The van der Waals surface area contributed by atoms with E-state index in [1.54, 1.807) is 0 Å². The van der Waals surface area contributed by atoms with Gasteiger partial charge in [-0.15, -0.1) is 0 Å². The van der Waals surface area contributed by atoms with Crippen molar-refractivity contribution in [3.8, 4) is 0 Å². The molecule has 0 aromatic heterocycles. The molecule has 0 amide bonds. The first-order valence-electron chi connectivity index (χ1n) is 0. The van der Waals surface area contributed by atoms with Crippen LogP contribution in [0.2, 0.25) is 0 Å². The van der Waals surface area contributed by atoms with Crippen LogP contribution in [0.3, 0.4) is 0 Å². The fourth-order valence-corrected chi connectivity index (χ4v) is 0. The van der Waals surface area contributed by atoms with E-state index < -0.39 is 0 Å². The van der Waals surface area contributed by atoms with Crippen LogP contribution in [0.1, 0.15) is 0 Å². The van der Waals surface area contributed by atoms with Gasteiger partial charge in [0.2, 0.25) is 0 Å². The summed E-state index contributed by atoms with van der Waals surface area (Å²) >= 11 is 0. The molecule has 0 saturated heterocycles. The second-order valence-corrected chi connectivity index (χ2v) is 0. The molecule has 1 nitrogen and oxygen atoms in total. The molecule has 0 rings (SSSR count). The second kappa shape index (κ2) is 40.9. The van der Waals surface area contributed by atoms with Crippen LogP contribution < -0.4 is 138 Å². The van der Waals surface area contributed by atoms with Crippen molar-refractivity contribution in [2.24, 2.45) is 0 Å². The average molecular weight is 474 g/mol. The molecule has 0 fully saturated rings. The third kappa shape index (κ3) is 33.7. The topological polar surface area (TPSA) is 28.5 Å². The molecule has 0 aliphatic carbocycles. The largest absolute Gasteiger partial charge is 2.00 e. The summed E-state index contributed by atoms with van der Waals surface area (Å²) in [5.41, 5.74) is 0. The predicted molar refractivity (Wildman–Crippen MR) is 22.8 cm³/mol. The Labute approximate surface area is 197 Å². The maximum Gasteiger partial charge on any atom is 1.00 e. The fraction of sp³-hybridized carbons (Fsp3) is 0. The van der Waals surface area contributed by atoms with Gasteiger partial charge in [-0.2, -0.15) is 0 Å². The van der Waals surface area contributed by atoms with Gasteiger partial charge in [-0.05, 0) is 0 Å². The maximum absolute atomic E-state index is 0. The number of hydrogen-bond acceptors (Lipinski definition) is 0. The summed E-state index contributed by atoms with van der Waals surface area (Å²) < 4.78 is 0. The molecular weight excluding hydrogens is 474 g/mol. The Morgan fingerprint density at radius 3 is 0.571 bits per heavy atom. The molecule has 0 N–H and O–H groups in total. The maximum atomic E-state index is 0. The molecular formula is Cs2MoOS3-6. The third-order valence-corrected chi connectivity index (χ3v) is 0. The van der Waals surface area contributed by atoms with Crippen LogP contribution in [0.5, 0.6) is 0 Å². The summed E-state index contributed by atoms with van der Waals surface area (Å²) in [5.74, 6) is 0. The molecule has 0 atom stereocenters. The van der Waals surface area contributed by atoms with Crippen molar-refractivity contribution in [2.45, 2.75) is 0 Å². The Hall–Kier alpha value is 5.80. The van der Waals surface area contributed by atoms with Gasteiger partial charge in [-0.1, -0.05) is 0 Å². The van der Waals surface area contributed by atoms with Gasteiger partial charge in [0.15, 0.2) is 0 Å². The van der Waals surface area contributed by atoms with E-state index in [-0.39, 0.29) is 205 Å². The van der Waals surface area contributed by atoms with Crippen molar-refractivity contribution >= 4 is 40.5 Å². The minimum Gasteiger partial charge on any atom is -2.00 e. The summed E-state index contributed by atoms with van der Waals surface area (Å²) in [6.45, 7) is 0. The first kappa shape index (κ1) is 53.0.